The minimum Gasteiger partial charge on any atom is -0.480 e. The van der Waals surface area contributed by atoms with Gasteiger partial charge < -0.3 is 19.5 Å². The summed E-state index contributed by atoms with van der Waals surface area (Å²) in [7, 11) is 3.06. The second-order valence-corrected chi connectivity index (χ2v) is 8.13. The number of carbonyl (C=O) groups is 3. The molecule has 0 saturated carbocycles. The molecule has 0 fully saturated rings. The molecule has 0 aliphatic heterocycles. The molecule has 0 radical (unpaired) electrons. The van der Waals surface area contributed by atoms with E-state index in [9.17, 15) is 19.5 Å². The molecule has 0 heterocycles. The van der Waals surface area contributed by atoms with Gasteiger partial charge in [0.2, 0.25) is 5.91 Å². The number of aliphatic carboxylic acids is 1. The first-order valence-corrected chi connectivity index (χ1v) is 9.29. The van der Waals surface area contributed by atoms with Gasteiger partial charge in [-0.15, -0.1) is 0 Å². The van der Waals surface area contributed by atoms with Crippen LogP contribution in [0.3, 0.4) is 0 Å². The van der Waals surface area contributed by atoms with Crippen LogP contribution in [0.2, 0.25) is 0 Å². The van der Waals surface area contributed by atoms with Crippen LogP contribution in [0.1, 0.15) is 54.4 Å². The average molecular weight is 389 g/mol. The Morgan fingerprint density at radius 2 is 1.67 bits per heavy atom. The van der Waals surface area contributed by atoms with Crippen LogP contribution >= 0.6 is 0 Å². The number of hydrogen-bond donors (Lipinski definition) is 1. The van der Waals surface area contributed by atoms with Crippen molar-refractivity contribution in [1.82, 2.24) is 9.80 Å². The van der Waals surface area contributed by atoms with Gasteiger partial charge in [0.05, 0.1) is 0 Å². The lowest BCUT2D eigenvalue weighted by Crippen LogP contribution is -2.54. The van der Waals surface area contributed by atoms with Gasteiger partial charge in [0, 0.05) is 27.3 Å². The zero-order valence-electron chi connectivity index (χ0n) is 17.9. The molecule has 0 aliphatic rings. The number of amides is 2. The first-order chi connectivity index (χ1) is 12.3. The Kier molecular flexibility index (Phi) is 10.4. The molecule has 2 unspecified atom stereocenters. The highest BCUT2D eigenvalue weighted by Crippen LogP contribution is 2.18. The van der Waals surface area contributed by atoms with E-state index in [0.717, 1.165) is 0 Å². The number of likely N-dealkylation sites (N-methyl/N-ethyl adjacent to an activating group) is 1. The Bertz CT molecular complexity index is 501. The van der Waals surface area contributed by atoms with Crippen LogP contribution in [0.4, 0.5) is 4.79 Å². The summed E-state index contributed by atoms with van der Waals surface area (Å²) < 4.78 is 10.4. The molecule has 2 amide bonds. The van der Waals surface area contributed by atoms with Crippen molar-refractivity contribution in [2.45, 2.75) is 72.1 Å². The molecular formula is C19H36N2O6. The fraction of sp³-hybridized carbons (Fsp3) is 0.842. The van der Waals surface area contributed by atoms with E-state index in [1.54, 1.807) is 27.9 Å². The van der Waals surface area contributed by atoms with E-state index in [1.807, 2.05) is 13.8 Å². The largest absolute Gasteiger partial charge is 0.480 e. The van der Waals surface area contributed by atoms with Gasteiger partial charge in [-0.3, -0.25) is 9.69 Å². The molecule has 8 nitrogen and oxygen atoms in total. The van der Waals surface area contributed by atoms with Crippen molar-refractivity contribution < 1.29 is 29.0 Å². The van der Waals surface area contributed by atoms with Gasteiger partial charge >= 0.3 is 12.1 Å². The number of carboxylic acid groups (broad SMARTS) is 1. The maximum Gasteiger partial charge on any atom is 0.410 e. The Balaban J connectivity index is 5.60. The van der Waals surface area contributed by atoms with Crippen molar-refractivity contribution in [1.29, 1.82) is 0 Å². The molecule has 2 atom stereocenters. The molecule has 27 heavy (non-hydrogen) atoms. The molecule has 0 aromatic rings. The Morgan fingerprint density at radius 1 is 1.11 bits per heavy atom. The zero-order chi connectivity index (χ0) is 21.4. The molecule has 0 spiro atoms. The van der Waals surface area contributed by atoms with Crippen molar-refractivity contribution in [3.63, 3.8) is 0 Å². The van der Waals surface area contributed by atoms with Crippen LogP contribution in [-0.2, 0) is 19.1 Å². The standard InChI is InChI=1S/C19H36N2O6/c1-13(2)12-15(20(7)18(25)27-19(4,5)6)16(22)21(10-9-11-26-8)14(3)17(23)24/h13-15H,9-12H2,1-8H3,(H,23,24). The lowest BCUT2D eigenvalue weighted by molar-refractivity contribution is -0.152. The maximum absolute atomic E-state index is 13.2. The van der Waals surface area contributed by atoms with E-state index in [-0.39, 0.29) is 12.5 Å². The summed E-state index contributed by atoms with van der Waals surface area (Å²) >= 11 is 0. The van der Waals surface area contributed by atoms with Crippen LogP contribution in [0.15, 0.2) is 0 Å². The number of ether oxygens (including phenoxy) is 2. The van der Waals surface area contributed by atoms with Crippen LogP contribution in [0.25, 0.3) is 0 Å². The Morgan fingerprint density at radius 3 is 2.07 bits per heavy atom. The van der Waals surface area contributed by atoms with E-state index in [1.165, 1.54) is 23.8 Å². The summed E-state index contributed by atoms with van der Waals surface area (Å²) in [6.07, 6.45) is 0.299. The van der Waals surface area contributed by atoms with E-state index >= 15 is 0 Å². The SMILES string of the molecule is COCCCN(C(=O)C(CC(C)C)N(C)C(=O)OC(C)(C)C)C(C)C(=O)O. The summed E-state index contributed by atoms with van der Waals surface area (Å²) in [4.78, 5) is 39.7. The van der Waals surface area contributed by atoms with Crippen LogP contribution in [-0.4, -0.2) is 77.9 Å². The monoisotopic (exact) mass is 388 g/mol. The molecule has 0 saturated heterocycles. The minimum absolute atomic E-state index is 0.129. The molecule has 1 N–H and O–H groups in total. The highest BCUT2D eigenvalue weighted by molar-refractivity contribution is 5.89. The average Bonchev–Trinajstić information content (AvgIpc) is 2.53. The van der Waals surface area contributed by atoms with Crippen molar-refractivity contribution in [2.24, 2.45) is 5.92 Å². The molecule has 158 valence electrons. The first kappa shape index (κ1) is 25.2. The fourth-order valence-corrected chi connectivity index (χ4v) is 2.53. The zero-order valence-corrected chi connectivity index (χ0v) is 17.9. The lowest BCUT2D eigenvalue weighted by Gasteiger charge is -2.36. The second kappa shape index (κ2) is 11.1. The number of hydrogen-bond acceptors (Lipinski definition) is 5. The van der Waals surface area contributed by atoms with Gasteiger partial charge in [-0.05, 0) is 46.5 Å². The van der Waals surface area contributed by atoms with E-state index in [0.29, 0.717) is 19.4 Å². The van der Waals surface area contributed by atoms with Gasteiger partial charge in [-0.25, -0.2) is 9.59 Å². The highest BCUT2D eigenvalue weighted by Gasteiger charge is 2.36. The number of carbonyl (C=O) groups excluding carboxylic acids is 2. The van der Waals surface area contributed by atoms with Crippen molar-refractivity contribution in [3.05, 3.63) is 0 Å². The molecular weight excluding hydrogens is 352 g/mol. The summed E-state index contributed by atoms with van der Waals surface area (Å²) in [5, 5.41) is 9.39. The third-order valence-electron chi connectivity index (χ3n) is 3.98. The summed E-state index contributed by atoms with van der Waals surface area (Å²) in [5.74, 6) is -1.36. The van der Waals surface area contributed by atoms with E-state index in [2.05, 4.69) is 0 Å². The van der Waals surface area contributed by atoms with Crippen molar-refractivity contribution in [3.8, 4) is 0 Å². The Hall–Kier alpha value is -1.83. The molecule has 8 heteroatoms. The fourth-order valence-electron chi connectivity index (χ4n) is 2.53. The van der Waals surface area contributed by atoms with Crippen LogP contribution < -0.4 is 0 Å². The van der Waals surface area contributed by atoms with Crippen LogP contribution in [0, 0.1) is 5.92 Å². The highest BCUT2D eigenvalue weighted by atomic mass is 16.6. The number of nitrogens with zero attached hydrogens (tertiary/aromatic N) is 2. The maximum atomic E-state index is 13.2. The summed E-state index contributed by atoms with van der Waals surface area (Å²) in [6, 6.07) is -1.81. The van der Waals surface area contributed by atoms with Crippen LogP contribution in [0.5, 0.6) is 0 Å². The lowest BCUT2D eigenvalue weighted by atomic mass is 10.0. The van der Waals surface area contributed by atoms with Gasteiger partial charge in [-0.1, -0.05) is 13.8 Å². The first-order valence-electron chi connectivity index (χ1n) is 9.29. The predicted molar refractivity (Wildman–Crippen MR) is 103 cm³/mol. The Labute approximate surface area is 162 Å². The summed E-state index contributed by atoms with van der Waals surface area (Å²) in [5.41, 5.74) is -0.691. The van der Waals surface area contributed by atoms with E-state index in [4.69, 9.17) is 9.47 Å². The topological polar surface area (TPSA) is 96.4 Å². The molecule has 0 aromatic heterocycles. The molecule has 0 aliphatic carbocycles. The summed E-state index contributed by atoms with van der Waals surface area (Å²) in [6.45, 7) is 11.2. The van der Waals surface area contributed by atoms with Gasteiger partial charge in [0.25, 0.3) is 0 Å². The number of rotatable bonds is 10. The smallest absolute Gasteiger partial charge is 0.410 e. The van der Waals surface area contributed by atoms with Crippen molar-refractivity contribution >= 4 is 18.0 Å². The molecule has 0 rings (SSSR count). The third kappa shape index (κ3) is 9.08. The van der Waals surface area contributed by atoms with Gasteiger partial charge in [-0.2, -0.15) is 0 Å². The quantitative estimate of drug-likeness (QED) is 0.578. The number of methoxy groups -OCH3 is 1. The molecule has 0 bridgehead atoms. The predicted octanol–water partition coefficient (Wildman–Crippen LogP) is 2.61. The van der Waals surface area contributed by atoms with Crippen molar-refractivity contribution in [2.75, 3.05) is 27.3 Å². The number of carboxylic acids is 1. The van der Waals surface area contributed by atoms with Gasteiger partial charge in [0.15, 0.2) is 0 Å². The molecule has 0 aromatic carbocycles. The second-order valence-electron chi connectivity index (χ2n) is 8.13. The normalized spacial score (nSPS) is 13.8. The minimum atomic E-state index is -1.09. The third-order valence-corrected chi connectivity index (χ3v) is 3.98. The van der Waals surface area contributed by atoms with Gasteiger partial charge in [0.1, 0.15) is 17.7 Å². The van der Waals surface area contributed by atoms with E-state index < -0.39 is 35.7 Å².